The number of nitrogens with one attached hydrogen (secondary N) is 1. The van der Waals surface area contributed by atoms with Gasteiger partial charge in [-0.2, -0.15) is 0 Å². The second kappa shape index (κ2) is 3.51. The Morgan fingerprint density at radius 1 is 1.17 bits per heavy atom. The lowest BCUT2D eigenvalue weighted by atomic mass is 9.76. The van der Waals surface area contributed by atoms with E-state index in [4.69, 9.17) is 0 Å². The molecule has 1 heteroatoms. The van der Waals surface area contributed by atoms with E-state index in [1.807, 2.05) is 0 Å². The summed E-state index contributed by atoms with van der Waals surface area (Å²) in [5, 5.41) is 3.45. The average Bonchev–Trinajstić information content (AvgIpc) is 1.84. The van der Waals surface area contributed by atoms with Crippen LogP contribution in [0.5, 0.6) is 0 Å². The van der Waals surface area contributed by atoms with Gasteiger partial charge in [-0.15, -0.1) is 0 Å². The molecule has 1 nitrogen and oxygen atoms in total. The zero-order valence-corrected chi connectivity index (χ0v) is 9.41. The van der Waals surface area contributed by atoms with Crippen LogP contribution in [0.4, 0.5) is 0 Å². The van der Waals surface area contributed by atoms with Crippen LogP contribution in [0, 0.1) is 5.41 Å². The van der Waals surface area contributed by atoms with Gasteiger partial charge in [-0.25, -0.2) is 0 Å². The van der Waals surface area contributed by atoms with Gasteiger partial charge in [-0.1, -0.05) is 34.3 Å². The lowest BCUT2D eigenvalue weighted by Gasteiger charge is -2.41. The van der Waals surface area contributed by atoms with E-state index < -0.39 is 0 Å². The van der Waals surface area contributed by atoms with Gasteiger partial charge < -0.3 is 5.32 Å². The van der Waals surface area contributed by atoms with E-state index >= 15 is 0 Å². The summed E-state index contributed by atoms with van der Waals surface area (Å²) in [5.74, 6) is 0. The summed E-state index contributed by atoms with van der Waals surface area (Å²) in [7, 11) is 0. The first-order valence-corrected chi connectivity index (χ1v) is 4.66. The highest BCUT2D eigenvalue weighted by atomic mass is 15.0. The second-order valence-corrected chi connectivity index (χ2v) is 4.96. The number of allylic oxidation sites excluding steroid dienone is 1. The highest BCUT2D eigenvalue weighted by Gasteiger charge is 2.32. The largest absolute Gasteiger partial charge is 0.383 e. The van der Waals surface area contributed by atoms with Crippen molar-refractivity contribution in [3.8, 4) is 0 Å². The Bertz CT molecular complexity index is 160. The fraction of sp³-hybridized carbons (Fsp3) is 0.818. The summed E-state index contributed by atoms with van der Waals surface area (Å²) < 4.78 is 0. The molecule has 0 saturated carbocycles. The monoisotopic (exact) mass is 169 g/mol. The second-order valence-electron chi connectivity index (χ2n) is 4.96. The topological polar surface area (TPSA) is 12.0 Å². The predicted octanol–water partition coefficient (Wildman–Crippen LogP) is 3.32. The third kappa shape index (κ3) is 2.88. The molecule has 0 fully saturated rings. The maximum absolute atomic E-state index is 3.96. The molecule has 0 radical (unpaired) electrons. The Morgan fingerprint density at radius 2 is 1.58 bits per heavy atom. The van der Waals surface area contributed by atoms with Gasteiger partial charge in [0.05, 0.1) is 0 Å². The van der Waals surface area contributed by atoms with Crippen molar-refractivity contribution in [1.82, 2.24) is 5.32 Å². The third-order valence-corrected chi connectivity index (χ3v) is 2.79. The number of rotatable bonds is 3. The van der Waals surface area contributed by atoms with E-state index in [1.54, 1.807) is 0 Å². The Kier molecular flexibility index (Phi) is 3.37. The summed E-state index contributed by atoms with van der Waals surface area (Å²) in [6.45, 7) is 17.2. The van der Waals surface area contributed by atoms with E-state index in [1.165, 1.54) is 0 Å². The molecule has 0 aliphatic rings. The lowest BCUT2D eigenvalue weighted by molar-refractivity contribution is 0.190. The van der Waals surface area contributed by atoms with Gasteiger partial charge in [0.15, 0.2) is 0 Å². The van der Waals surface area contributed by atoms with Crippen LogP contribution in [0.25, 0.3) is 0 Å². The zero-order chi connectivity index (χ0) is 9.99. The minimum absolute atomic E-state index is 0.111. The van der Waals surface area contributed by atoms with E-state index in [9.17, 15) is 0 Å². The molecule has 0 aromatic heterocycles. The quantitative estimate of drug-likeness (QED) is 0.683. The normalized spacial score (nSPS) is 12.8. The summed E-state index contributed by atoms with van der Waals surface area (Å²) >= 11 is 0. The first-order chi connectivity index (χ1) is 5.20. The first-order valence-electron chi connectivity index (χ1n) is 4.66. The van der Waals surface area contributed by atoms with Crippen LogP contribution in [0.2, 0.25) is 0 Å². The molecule has 0 spiro atoms. The molecular weight excluding hydrogens is 146 g/mol. The van der Waals surface area contributed by atoms with Gasteiger partial charge >= 0.3 is 0 Å². The first kappa shape index (κ1) is 11.5. The van der Waals surface area contributed by atoms with Crippen molar-refractivity contribution in [2.24, 2.45) is 5.41 Å². The molecule has 0 amide bonds. The van der Waals surface area contributed by atoms with E-state index in [-0.39, 0.29) is 11.0 Å². The molecule has 0 aliphatic carbocycles. The predicted molar refractivity (Wildman–Crippen MR) is 56.1 cm³/mol. The molecule has 0 aliphatic heterocycles. The van der Waals surface area contributed by atoms with E-state index in [0.29, 0.717) is 0 Å². The minimum Gasteiger partial charge on any atom is -0.383 e. The molecule has 0 saturated heterocycles. The standard InChI is InChI=1S/C11H23N/c1-8-9(2)12-11(6,7)10(3,4)5/h12H,2,8H2,1,3-7H3. The van der Waals surface area contributed by atoms with Gasteiger partial charge in [-0.3, -0.25) is 0 Å². The average molecular weight is 169 g/mol. The van der Waals surface area contributed by atoms with Crippen LogP contribution in [0.3, 0.4) is 0 Å². The van der Waals surface area contributed by atoms with Gasteiger partial charge in [0.2, 0.25) is 0 Å². The Labute approximate surface area is 77.2 Å². The molecule has 0 atom stereocenters. The van der Waals surface area contributed by atoms with Crippen LogP contribution in [0.15, 0.2) is 12.3 Å². The Hall–Kier alpha value is -0.460. The molecule has 0 heterocycles. The summed E-state index contributed by atoms with van der Waals surface area (Å²) in [4.78, 5) is 0. The number of hydrogen-bond donors (Lipinski definition) is 1. The summed E-state index contributed by atoms with van der Waals surface area (Å²) in [5.41, 5.74) is 1.49. The van der Waals surface area contributed by atoms with Crippen molar-refractivity contribution in [3.63, 3.8) is 0 Å². The van der Waals surface area contributed by atoms with Crippen LogP contribution < -0.4 is 5.32 Å². The third-order valence-electron chi connectivity index (χ3n) is 2.79. The molecule has 12 heavy (non-hydrogen) atoms. The van der Waals surface area contributed by atoms with Gasteiger partial charge in [0, 0.05) is 11.2 Å². The molecular formula is C11H23N. The van der Waals surface area contributed by atoms with Crippen molar-refractivity contribution in [1.29, 1.82) is 0 Å². The van der Waals surface area contributed by atoms with Gasteiger partial charge in [0.25, 0.3) is 0 Å². The van der Waals surface area contributed by atoms with E-state index in [0.717, 1.165) is 12.1 Å². The van der Waals surface area contributed by atoms with Crippen LogP contribution >= 0.6 is 0 Å². The molecule has 1 N–H and O–H groups in total. The molecule has 72 valence electrons. The van der Waals surface area contributed by atoms with Crippen molar-refractivity contribution in [3.05, 3.63) is 12.3 Å². The molecule has 0 bridgehead atoms. The highest BCUT2D eigenvalue weighted by molar-refractivity contribution is 5.01. The van der Waals surface area contributed by atoms with Crippen LogP contribution in [-0.2, 0) is 0 Å². The van der Waals surface area contributed by atoms with E-state index in [2.05, 4.69) is 53.4 Å². The molecule has 0 aromatic rings. The van der Waals surface area contributed by atoms with Crippen molar-refractivity contribution in [2.45, 2.75) is 53.5 Å². The number of hydrogen-bond acceptors (Lipinski definition) is 1. The Balaban J connectivity index is 4.33. The smallest absolute Gasteiger partial charge is 0.0362 e. The van der Waals surface area contributed by atoms with Gasteiger partial charge in [-0.05, 0) is 25.7 Å². The highest BCUT2D eigenvalue weighted by Crippen LogP contribution is 2.30. The molecule has 0 unspecified atom stereocenters. The van der Waals surface area contributed by atoms with Crippen molar-refractivity contribution < 1.29 is 0 Å². The maximum Gasteiger partial charge on any atom is 0.0362 e. The van der Waals surface area contributed by atoms with Crippen LogP contribution in [0.1, 0.15) is 48.0 Å². The SMILES string of the molecule is C=C(CC)NC(C)(C)C(C)(C)C. The Morgan fingerprint density at radius 3 is 1.83 bits per heavy atom. The van der Waals surface area contributed by atoms with Gasteiger partial charge in [0.1, 0.15) is 0 Å². The van der Waals surface area contributed by atoms with Crippen molar-refractivity contribution in [2.75, 3.05) is 0 Å². The van der Waals surface area contributed by atoms with Crippen LogP contribution in [-0.4, -0.2) is 5.54 Å². The van der Waals surface area contributed by atoms with Crippen molar-refractivity contribution >= 4 is 0 Å². The minimum atomic E-state index is 0.111. The maximum atomic E-state index is 3.96. The fourth-order valence-electron chi connectivity index (χ4n) is 0.718. The molecule has 0 aromatic carbocycles. The lowest BCUT2D eigenvalue weighted by Crippen LogP contribution is -2.49. The zero-order valence-electron chi connectivity index (χ0n) is 9.41. The summed E-state index contributed by atoms with van der Waals surface area (Å²) in [6.07, 6.45) is 1.000. The fourth-order valence-corrected chi connectivity index (χ4v) is 0.718. The molecule has 0 rings (SSSR count). The summed E-state index contributed by atoms with van der Waals surface area (Å²) in [6, 6.07) is 0.